The summed E-state index contributed by atoms with van der Waals surface area (Å²) in [5.41, 5.74) is 2.29. The monoisotopic (exact) mass is 419 g/mol. The predicted octanol–water partition coefficient (Wildman–Crippen LogP) is 4.82. The molecule has 1 atom stereocenters. The maximum atomic E-state index is 6.53. The highest BCUT2D eigenvalue weighted by atomic mass is 35.5. The van der Waals surface area contributed by atoms with Crippen LogP contribution in [-0.2, 0) is 4.74 Å². The van der Waals surface area contributed by atoms with Crippen molar-refractivity contribution >= 4 is 40.1 Å². The molecule has 1 fully saturated rings. The first-order valence-electron chi connectivity index (χ1n) is 8.82. The molecule has 146 valence electrons. The van der Waals surface area contributed by atoms with Crippen molar-refractivity contribution in [2.45, 2.75) is 12.5 Å². The van der Waals surface area contributed by atoms with Crippen LogP contribution in [0.5, 0.6) is 11.5 Å². The summed E-state index contributed by atoms with van der Waals surface area (Å²) < 4.78 is 16.1. The Bertz CT molecular complexity index is 995. The van der Waals surface area contributed by atoms with Crippen LogP contribution >= 0.6 is 23.2 Å². The molecule has 2 heterocycles. The van der Waals surface area contributed by atoms with Gasteiger partial charge in [0.25, 0.3) is 0 Å². The first-order valence-corrected chi connectivity index (χ1v) is 9.57. The van der Waals surface area contributed by atoms with E-state index in [9.17, 15) is 0 Å². The highest BCUT2D eigenvalue weighted by Gasteiger charge is 2.20. The molecule has 2 aromatic carbocycles. The number of ether oxygens (including phenoxy) is 3. The van der Waals surface area contributed by atoms with Gasteiger partial charge in [-0.25, -0.2) is 9.97 Å². The number of anilines is 1. The van der Waals surface area contributed by atoms with Gasteiger partial charge in [-0.2, -0.15) is 0 Å². The van der Waals surface area contributed by atoms with Gasteiger partial charge in [-0.05, 0) is 24.1 Å². The molecule has 0 radical (unpaired) electrons. The lowest BCUT2D eigenvalue weighted by Gasteiger charge is -2.15. The van der Waals surface area contributed by atoms with Crippen LogP contribution in [0.4, 0.5) is 5.95 Å². The van der Waals surface area contributed by atoms with Crippen molar-refractivity contribution in [3.63, 3.8) is 0 Å². The largest absolute Gasteiger partial charge is 0.495 e. The van der Waals surface area contributed by atoms with E-state index in [1.54, 1.807) is 26.5 Å². The summed E-state index contributed by atoms with van der Waals surface area (Å²) in [6.45, 7) is 1.44. The van der Waals surface area contributed by atoms with Gasteiger partial charge in [-0.3, -0.25) is 0 Å². The second kappa shape index (κ2) is 7.99. The lowest BCUT2D eigenvalue weighted by molar-refractivity contribution is 0.195. The molecule has 0 unspecified atom stereocenters. The van der Waals surface area contributed by atoms with Crippen molar-refractivity contribution < 1.29 is 14.2 Å². The molecule has 8 heteroatoms. The van der Waals surface area contributed by atoms with E-state index < -0.39 is 0 Å². The number of nitrogens with zero attached hydrogens (tertiary/aromatic N) is 2. The van der Waals surface area contributed by atoms with Gasteiger partial charge in [-0.1, -0.05) is 29.3 Å². The second-order valence-corrected chi connectivity index (χ2v) is 7.21. The molecular formula is C20H19Cl2N3O3. The average molecular weight is 420 g/mol. The van der Waals surface area contributed by atoms with Gasteiger partial charge in [-0.15, -0.1) is 0 Å². The minimum atomic E-state index is 0.249. The number of benzene rings is 2. The van der Waals surface area contributed by atoms with Crippen molar-refractivity contribution in [3.05, 3.63) is 40.5 Å². The van der Waals surface area contributed by atoms with Crippen LogP contribution in [0, 0.1) is 0 Å². The van der Waals surface area contributed by atoms with Crippen molar-refractivity contribution in [1.29, 1.82) is 0 Å². The molecule has 0 spiro atoms. The Labute approximate surface area is 172 Å². The first kappa shape index (κ1) is 19.1. The van der Waals surface area contributed by atoms with Crippen LogP contribution in [-0.4, -0.2) is 43.4 Å². The van der Waals surface area contributed by atoms with Crippen LogP contribution in [0.25, 0.3) is 22.0 Å². The van der Waals surface area contributed by atoms with E-state index in [1.807, 2.05) is 18.2 Å². The van der Waals surface area contributed by atoms with E-state index >= 15 is 0 Å². The zero-order valence-corrected chi connectivity index (χ0v) is 17.0. The van der Waals surface area contributed by atoms with Gasteiger partial charge in [0, 0.05) is 29.8 Å². The van der Waals surface area contributed by atoms with Gasteiger partial charge in [0.1, 0.15) is 11.5 Å². The summed E-state index contributed by atoms with van der Waals surface area (Å²) in [4.78, 5) is 9.02. The fourth-order valence-corrected chi connectivity index (χ4v) is 3.95. The molecule has 3 aromatic rings. The molecule has 1 aliphatic heterocycles. The Kier molecular flexibility index (Phi) is 5.44. The lowest BCUT2D eigenvalue weighted by atomic mass is 10.0. The fourth-order valence-electron chi connectivity index (χ4n) is 3.23. The Morgan fingerprint density at radius 2 is 1.86 bits per heavy atom. The van der Waals surface area contributed by atoms with Crippen molar-refractivity contribution in [1.82, 2.24) is 9.97 Å². The summed E-state index contributed by atoms with van der Waals surface area (Å²) in [5.74, 6) is 1.58. The smallest absolute Gasteiger partial charge is 0.223 e. The lowest BCUT2D eigenvalue weighted by Crippen LogP contribution is -2.20. The Hall–Kier alpha value is -2.28. The maximum absolute atomic E-state index is 6.53. The Morgan fingerprint density at radius 3 is 2.50 bits per heavy atom. The van der Waals surface area contributed by atoms with Gasteiger partial charge >= 0.3 is 0 Å². The van der Waals surface area contributed by atoms with Gasteiger partial charge < -0.3 is 19.5 Å². The minimum Gasteiger partial charge on any atom is -0.495 e. The molecular weight excluding hydrogens is 401 g/mol. The van der Waals surface area contributed by atoms with E-state index in [0.717, 1.165) is 29.5 Å². The molecule has 1 N–H and O–H groups in total. The number of hydrogen-bond acceptors (Lipinski definition) is 6. The third kappa shape index (κ3) is 3.55. The fraction of sp³-hybridized carbons (Fsp3) is 0.300. The number of rotatable bonds is 5. The zero-order valence-electron chi connectivity index (χ0n) is 15.5. The van der Waals surface area contributed by atoms with Crippen LogP contribution in [0.15, 0.2) is 30.5 Å². The molecule has 1 aromatic heterocycles. The summed E-state index contributed by atoms with van der Waals surface area (Å²) in [7, 11) is 3.10. The average Bonchev–Trinajstić information content (AvgIpc) is 3.21. The van der Waals surface area contributed by atoms with Crippen molar-refractivity contribution in [2.24, 2.45) is 0 Å². The quantitative estimate of drug-likeness (QED) is 0.639. The van der Waals surface area contributed by atoms with Crippen LogP contribution in [0.3, 0.4) is 0 Å². The predicted molar refractivity (Wildman–Crippen MR) is 111 cm³/mol. The molecule has 1 aliphatic rings. The highest BCUT2D eigenvalue weighted by Crippen LogP contribution is 2.46. The molecule has 0 bridgehead atoms. The number of methoxy groups -OCH3 is 2. The standard InChI is InChI=1S/C20H19Cl2N3O3/c1-26-15-8-16(27-2)19(22)17(18(15)21)11-3-4-14-12(7-11)9-23-20(25-14)24-13-5-6-28-10-13/h3-4,7-9,13H,5-6,10H2,1-2H3,(H,23,24,25)/t13-/m0/s1. The topological polar surface area (TPSA) is 65.5 Å². The van der Waals surface area contributed by atoms with Crippen LogP contribution in [0.2, 0.25) is 10.0 Å². The van der Waals surface area contributed by atoms with E-state index in [0.29, 0.717) is 39.7 Å². The second-order valence-electron chi connectivity index (χ2n) is 6.46. The Morgan fingerprint density at radius 1 is 1.11 bits per heavy atom. The number of aromatic nitrogens is 2. The normalized spacial score (nSPS) is 16.4. The van der Waals surface area contributed by atoms with E-state index in [-0.39, 0.29) is 6.04 Å². The van der Waals surface area contributed by atoms with E-state index in [4.69, 9.17) is 37.4 Å². The zero-order chi connectivity index (χ0) is 19.7. The summed E-state index contributed by atoms with van der Waals surface area (Å²) in [6, 6.07) is 7.70. The van der Waals surface area contributed by atoms with Crippen LogP contribution in [0.1, 0.15) is 6.42 Å². The number of halogens is 2. The summed E-state index contributed by atoms with van der Waals surface area (Å²) in [5, 5.41) is 5.03. The first-order chi connectivity index (χ1) is 13.6. The van der Waals surface area contributed by atoms with Gasteiger partial charge in [0.2, 0.25) is 5.95 Å². The van der Waals surface area contributed by atoms with E-state index in [1.165, 1.54) is 0 Å². The van der Waals surface area contributed by atoms with Gasteiger partial charge in [0.15, 0.2) is 0 Å². The van der Waals surface area contributed by atoms with Crippen LogP contribution < -0.4 is 14.8 Å². The molecule has 6 nitrogen and oxygen atoms in total. The van der Waals surface area contributed by atoms with Gasteiger partial charge in [0.05, 0.1) is 42.4 Å². The van der Waals surface area contributed by atoms with Crippen molar-refractivity contribution in [3.8, 4) is 22.6 Å². The highest BCUT2D eigenvalue weighted by molar-refractivity contribution is 6.41. The maximum Gasteiger partial charge on any atom is 0.223 e. The van der Waals surface area contributed by atoms with Crippen molar-refractivity contribution in [2.75, 3.05) is 32.8 Å². The SMILES string of the molecule is COc1cc(OC)c(Cl)c(-c2ccc3nc(N[C@H]4CCOC4)ncc3c2)c1Cl. The Balaban J connectivity index is 1.74. The third-order valence-electron chi connectivity index (χ3n) is 4.71. The molecule has 0 aliphatic carbocycles. The number of hydrogen-bond donors (Lipinski definition) is 1. The molecule has 4 rings (SSSR count). The summed E-state index contributed by atoms with van der Waals surface area (Å²) >= 11 is 13.1. The molecule has 28 heavy (non-hydrogen) atoms. The minimum absolute atomic E-state index is 0.249. The molecule has 1 saturated heterocycles. The number of fused-ring (bicyclic) bond motifs is 1. The third-order valence-corrected chi connectivity index (χ3v) is 5.46. The summed E-state index contributed by atoms with van der Waals surface area (Å²) in [6.07, 6.45) is 2.73. The van der Waals surface area contributed by atoms with E-state index in [2.05, 4.69) is 15.3 Å². The molecule has 0 amide bonds. The number of nitrogens with one attached hydrogen (secondary N) is 1. The molecule has 0 saturated carbocycles.